The van der Waals surface area contributed by atoms with Crippen LogP contribution in [0.25, 0.3) is 11.1 Å². The number of fused-ring (bicyclic) bond motifs is 3. The van der Waals surface area contributed by atoms with E-state index in [1.165, 1.54) is 7.11 Å². The topological polar surface area (TPSA) is 135 Å². The molecule has 0 spiro atoms. The molecule has 0 unspecified atom stereocenters. The molecule has 4 N–H and O–H groups in total. The summed E-state index contributed by atoms with van der Waals surface area (Å²) in [5.41, 5.74) is 6.83. The highest BCUT2D eigenvalue weighted by Crippen LogP contribution is 2.44. The Kier molecular flexibility index (Phi) is 10.6. The van der Waals surface area contributed by atoms with E-state index in [1.54, 1.807) is 43.3 Å². The van der Waals surface area contributed by atoms with Gasteiger partial charge in [0, 0.05) is 34.3 Å². The van der Waals surface area contributed by atoms with Crippen LogP contribution >= 0.6 is 0 Å². The molecule has 6 rings (SSSR count). The van der Waals surface area contributed by atoms with Crippen molar-refractivity contribution in [2.75, 3.05) is 25.6 Å². The minimum Gasteiger partial charge on any atom is -0.467 e. The molecule has 4 aromatic rings. The van der Waals surface area contributed by atoms with Crippen molar-refractivity contribution in [3.8, 4) is 23.0 Å². The molecule has 2 atom stereocenters. The number of nitrogens with one attached hydrogen (secondary N) is 4. The maximum Gasteiger partial charge on any atom is 0.407 e. The molecule has 0 aliphatic heterocycles. The summed E-state index contributed by atoms with van der Waals surface area (Å²) < 4.78 is 10.5. The molecular weight excluding hydrogens is 632 g/mol. The number of carbonyl (C=O) groups is 4. The van der Waals surface area contributed by atoms with Crippen LogP contribution in [0.1, 0.15) is 58.3 Å². The molecule has 3 amide bonds. The van der Waals surface area contributed by atoms with E-state index in [4.69, 9.17) is 9.47 Å². The lowest BCUT2D eigenvalue weighted by molar-refractivity contribution is -0.143. The largest absolute Gasteiger partial charge is 0.467 e. The molecule has 0 heterocycles. The Morgan fingerprint density at radius 1 is 0.780 bits per heavy atom. The third-order valence-electron chi connectivity index (χ3n) is 8.73. The first-order valence-electron chi connectivity index (χ1n) is 16.5. The first-order chi connectivity index (χ1) is 24.3. The number of methoxy groups -OCH3 is 1. The molecule has 0 radical (unpaired) electrons. The number of carbonyl (C=O) groups excluding carboxylic acids is 4. The monoisotopic (exact) mass is 670 g/mol. The Bertz CT molecular complexity index is 1900. The van der Waals surface area contributed by atoms with Crippen LogP contribution in [0.5, 0.6) is 0 Å². The SMILES string of the molecule is COC(=O)[C@@H](NC(=O)c1ccc(C#Cc2ccc(NC(=O)CNC3CC3)cc2)cc1)[C@@H](C)NC(=O)OCC1c2ccccc2-c2ccccc21. The van der Waals surface area contributed by atoms with Crippen molar-refractivity contribution in [1.82, 2.24) is 16.0 Å². The quantitative estimate of drug-likeness (QED) is 0.131. The first-order valence-corrected chi connectivity index (χ1v) is 16.5. The summed E-state index contributed by atoms with van der Waals surface area (Å²) in [5, 5.41) is 11.4. The molecule has 254 valence electrons. The highest BCUT2D eigenvalue weighted by Gasteiger charge is 2.32. The van der Waals surface area contributed by atoms with E-state index < -0.39 is 30.1 Å². The summed E-state index contributed by atoms with van der Waals surface area (Å²) in [4.78, 5) is 50.8. The second kappa shape index (κ2) is 15.5. The fourth-order valence-corrected chi connectivity index (χ4v) is 5.86. The van der Waals surface area contributed by atoms with Crippen molar-refractivity contribution in [1.29, 1.82) is 0 Å². The average molecular weight is 671 g/mol. The standard InChI is InChI=1S/C40H38N4O6/c1-25(42-40(48)50-24-35-33-9-5-3-7-31(33)32-8-4-6-10-34(32)35)37(39(47)49-2)44-38(46)28-17-13-26(14-18-28)11-12-27-15-19-30(20-16-27)43-36(45)23-41-29-21-22-29/h3-10,13-20,25,29,35,37,41H,21-24H2,1-2H3,(H,42,48)(H,43,45)(H,44,46)/t25-,37+/m1/s1. The molecule has 50 heavy (non-hydrogen) atoms. The lowest BCUT2D eigenvalue weighted by atomic mass is 9.98. The lowest BCUT2D eigenvalue weighted by Crippen LogP contribution is -2.54. The maximum atomic E-state index is 13.1. The number of esters is 1. The van der Waals surface area contributed by atoms with Gasteiger partial charge in [0.05, 0.1) is 19.7 Å². The Morgan fingerprint density at radius 2 is 1.36 bits per heavy atom. The third kappa shape index (κ3) is 8.38. The third-order valence-corrected chi connectivity index (χ3v) is 8.73. The minimum atomic E-state index is -1.17. The van der Waals surface area contributed by atoms with Gasteiger partial charge in [-0.25, -0.2) is 9.59 Å². The van der Waals surface area contributed by atoms with Gasteiger partial charge in [0.2, 0.25) is 5.91 Å². The zero-order valence-electron chi connectivity index (χ0n) is 27.8. The van der Waals surface area contributed by atoms with Crippen molar-refractivity contribution >= 4 is 29.6 Å². The van der Waals surface area contributed by atoms with E-state index in [2.05, 4.69) is 45.2 Å². The Hall–Kier alpha value is -5.92. The van der Waals surface area contributed by atoms with Gasteiger partial charge in [-0.1, -0.05) is 60.4 Å². The highest BCUT2D eigenvalue weighted by molar-refractivity contribution is 5.97. The molecule has 0 saturated heterocycles. The molecule has 10 heteroatoms. The van der Waals surface area contributed by atoms with Crippen LogP contribution in [0.2, 0.25) is 0 Å². The van der Waals surface area contributed by atoms with E-state index in [0.29, 0.717) is 29.4 Å². The summed E-state index contributed by atoms with van der Waals surface area (Å²) in [6.07, 6.45) is 1.53. The molecule has 10 nitrogen and oxygen atoms in total. The van der Waals surface area contributed by atoms with Gasteiger partial charge < -0.3 is 30.7 Å². The van der Waals surface area contributed by atoms with Crippen molar-refractivity contribution in [2.24, 2.45) is 0 Å². The smallest absolute Gasteiger partial charge is 0.407 e. The van der Waals surface area contributed by atoms with Gasteiger partial charge in [-0.3, -0.25) is 9.59 Å². The normalized spacial score (nSPS) is 14.1. The van der Waals surface area contributed by atoms with E-state index in [-0.39, 0.29) is 18.4 Å². The van der Waals surface area contributed by atoms with Crippen LogP contribution in [-0.2, 0) is 19.1 Å². The van der Waals surface area contributed by atoms with Crippen LogP contribution in [-0.4, -0.2) is 62.3 Å². The van der Waals surface area contributed by atoms with Gasteiger partial charge in [-0.2, -0.15) is 0 Å². The number of benzene rings is 4. The molecular formula is C40H38N4O6. The number of alkyl carbamates (subject to hydrolysis) is 1. The highest BCUT2D eigenvalue weighted by atomic mass is 16.5. The molecule has 1 fully saturated rings. The molecule has 1 saturated carbocycles. The molecule has 4 aromatic carbocycles. The van der Waals surface area contributed by atoms with Crippen molar-refractivity contribution in [3.63, 3.8) is 0 Å². The van der Waals surface area contributed by atoms with Crippen molar-refractivity contribution in [3.05, 3.63) is 125 Å². The predicted molar refractivity (Wildman–Crippen MR) is 189 cm³/mol. The van der Waals surface area contributed by atoms with E-state index in [9.17, 15) is 19.2 Å². The van der Waals surface area contributed by atoms with Crippen LogP contribution in [0.15, 0.2) is 97.1 Å². The Balaban J connectivity index is 1.01. The first kappa shape index (κ1) is 34.0. The van der Waals surface area contributed by atoms with Crippen LogP contribution in [0.4, 0.5) is 10.5 Å². The Morgan fingerprint density at radius 3 is 1.94 bits per heavy atom. The zero-order chi connectivity index (χ0) is 35.0. The second-order valence-corrected chi connectivity index (χ2v) is 12.3. The number of rotatable bonds is 11. The Labute approximate surface area is 291 Å². The summed E-state index contributed by atoms with van der Waals surface area (Å²) in [7, 11) is 1.21. The average Bonchev–Trinajstić information content (AvgIpc) is 3.92. The lowest BCUT2D eigenvalue weighted by Gasteiger charge is -2.24. The fourth-order valence-electron chi connectivity index (χ4n) is 5.86. The summed E-state index contributed by atoms with van der Waals surface area (Å²) in [6.45, 7) is 1.99. The molecule has 0 bridgehead atoms. The van der Waals surface area contributed by atoms with Gasteiger partial charge in [0.15, 0.2) is 0 Å². The number of anilines is 1. The number of hydrogen-bond acceptors (Lipinski definition) is 7. The number of hydrogen-bond donors (Lipinski definition) is 4. The van der Waals surface area contributed by atoms with E-state index >= 15 is 0 Å². The van der Waals surface area contributed by atoms with Gasteiger partial charge >= 0.3 is 12.1 Å². The van der Waals surface area contributed by atoms with Gasteiger partial charge in [0.25, 0.3) is 5.91 Å². The summed E-state index contributed by atoms with van der Waals surface area (Å²) in [6, 6.07) is 28.4. The predicted octanol–water partition coefficient (Wildman–Crippen LogP) is 4.98. The molecule has 0 aromatic heterocycles. The van der Waals surface area contributed by atoms with E-state index in [1.807, 2.05) is 48.5 Å². The second-order valence-electron chi connectivity index (χ2n) is 12.3. The van der Waals surface area contributed by atoms with Crippen LogP contribution in [0, 0.1) is 11.8 Å². The van der Waals surface area contributed by atoms with Crippen LogP contribution < -0.4 is 21.3 Å². The van der Waals surface area contributed by atoms with Crippen molar-refractivity contribution in [2.45, 2.75) is 43.8 Å². The van der Waals surface area contributed by atoms with Crippen LogP contribution in [0.3, 0.4) is 0 Å². The number of ether oxygens (including phenoxy) is 2. The maximum absolute atomic E-state index is 13.1. The summed E-state index contributed by atoms with van der Waals surface area (Å²) >= 11 is 0. The van der Waals surface area contributed by atoms with Gasteiger partial charge in [-0.15, -0.1) is 0 Å². The molecule has 2 aliphatic carbocycles. The summed E-state index contributed by atoms with van der Waals surface area (Å²) in [5.74, 6) is 4.70. The molecule has 2 aliphatic rings. The zero-order valence-corrected chi connectivity index (χ0v) is 27.8. The fraction of sp³-hybridized carbons (Fsp3) is 0.250. The van der Waals surface area contributed by atoms with E-state index in [0.717, 1.165) is 40.7 Å². The van der Waals surface area contributed by atoms with Gasteiger partial charge in [0.1, 0.15) is 12.6 Å². The minimum absolute atomic E-state index is 0.0842. The number of amides is 3. The van der Waals surface area contributed by atoms with Gasteiger partial charge in [-0.05, 0) is 90.6 Å². The van der Waals surface area contributed by atoms with Crippen molar-refractivity contribution < 1.29 is 28.7 Å².